The van der Waals surface area contributed by atoms with E-state index in [4.69, 9.17) is 4.74 Å². The molecule has 3 heterocycles. The summed E-state index contributed by atoms with van der Waals surface area (Å²) in [7, 11) is 0. The van der Waals surface area contributed by atoms with E-state index in [9.17, 15) is 9.59 Å². The summed E-state index contributed by atoms with van der Waals surface area (Å²) in [5.41, 5.74) is 0.680. The molecule has 6 heteroatoms. The summed E-state index contributed by atoms with van der Waals surface area (Å²) in [6, 6.07) is 4.03. The van der Waals surface area contributed by atoms with Crippen LogP contribution in [-0.2, 0) is 9.53 Å². The molecule has 3 rings (SSSR count). The molecule has 1 aromatic heterocycles. The van der Waals surface area contributed by atoms with Crippen LogP contribution in [0, 0.1) is 0 Å². The van der Waals surface area contributed by atoms with Gasteiger partial charge in [0.2, 0.25) is 5.91 Å². The second-order valence-electron chi connectivity index (χ2n) is 6.76. The highest BCUT2D eigenvalue weighted by atomic mass is 16.5. The molecule has 0 radical (unpaired) electrons. The molecule has 2 saturated heterocycles. The first kappa shape index (κ1) is 17.9. The van der Waals surface area contributed by atoms with E-state index in [0.29, 0.717) is 25.1 Å². The van der Waals surface area contributed by atoms with Crippen molar-refractivity contribution in [2.24, 2.45) is 0 Å². The number of aromatic nitrogens is 1. The minimum absolute atomic E-state index is 0.0558. The molecule has 2 aliphatic rings. The van der Waals surface area contributed by atoms with E-state index in [0.717, 1.165) is 38.9 Å². The summed E-state index contributed by atoms with van der Waals surface area (Å²) >= 11 is 0. The largest absolute Gasteiger partial charge is 0.381 e. The zero-order chi connectivity index (χ0) is 17.6. The smallest absolute Gasteiger partial charge is 0.253 e. The number of carbonyl (C=O) groups is 2. The second kappa shape index (κ2) is 8.43. The Kier molecular flexibility index (Phi) is 6.02. The van der Waals surface area contributed by atoms with Crippen LogP contribution in [0.2, 0.25) is 0 Å². The summed E-state index contributed by atoms with van der Waals surface area (Å²) in [6.45, 7) is 4.79. The fourth-order valence-electron chi connectivity index (χ4n) is 3.88. The van der Waals surface area contributed by atoms with Crippen LogP contribution >= 0.6 is 0 Å². The van der Waals surface area contributed by atoms with Gasteiger partial charge in [-0.2, -0.15) is 0 Å². The van der Waals surface area contributed by atoms with Crippen LogP contribution in [0.1, 0.15) is 49.4 Å². The molecule has 25 heavy (non-hydrogen) atoms. The van der Waals surface area contributed by atoms with Crippen molar-refractivity contribution in [2.75, 3.05) is 26.3 Å². The van der Waals surface area contributed by atoms with Crippen LogP contribution in [0.3, 0.4) is 0 Å². The van der Waals surface area contributed by atoms with Gasteiger partial charge in [-0.05, 0) is 37.8 Å². The Balaban J connectivity index is 1.62. The maximum Gasteiger partial charge on any atom is 0.253 e. The van der Waals surface area contributed by atoms with E-state index in [1.165, 1.54) is 0 Å². The van der Waals surface area contributed by atoms with Crippen molar-refractivity contribution in [3.63, 3.8) is 0 Å². The van der Waals surface area contributed by atoms with Crippen molar-refractivity contribution in [2.45, 2.75) is 51.1 Å². The van der Waals surface area contributed by atoms with Gasteiger partial charge in [0, 0.05) is 62.8 Å². The molecule has 0 N–H and O–H groups in total. The zero-order valence-corrected chi connectivity index (χ0v) is 14.9. The lowest BCUT2D eigenvalue weighted by Gasteiger charge is -2.43. The molecule has 2 aliphatic heterocycles. The third-order valence-electron chi connectivity index (χ3n) is 5.25. The van der Waals surface area contributed by atoms with Gasteiger partial charge in [0.1, 0.15) is 0 Å². The molecule has 6 nitrogen and oxygen atoms in total. The molecule has 0 bridgehead atoms. The summed E-state index contributed by atoms with van der Waals surface area (Å²) < 4.78 is 5.45. The Bertz CT molecular complexity index is 579. The molecule has 0 spiro atoms. The van der Waals surface area contributed by atoms with E-state index in [1.807, 2.05) is 11.8 Å². The predicted octanol–water partition coefficient (Wildman–Crippen LogP) is 2.10. The Morgan fingerprint density at radius 1 is 1.12 bits per heavy atom. The Morgan fingerprint density at radius 3 is 2.32 bits per heavy atom. The standard InChI is InChI=1S/C19H27N3O3/c1-2-18(23)22(17-7-13-25-14-8-17)16-5-11-21(12-6-16)19(24)15-3-9-20-10-4-15/h3-4,9-10,16-17H,2,5-8,11-14H2,1H3. The van der Waals surface area contributed by atoms with Crippen molar-refractivity contribution in [3.8, 4) is 0 Å². The first-order chi connectivity index (χ1) is 12.2. The van der Waals surface area contributed by atoms with Crippen LogP contribution in [0.5, 0.6) is 0 Å². The number of hydrogen-bond donors (Lipinski definition) is 0. The molecular formula is C19H27N3O3. The van der Waals surface area contributed by atoms with E-state index in [1.54, 1.807) is 24.5 Å². The third-order valence-corrected chi connectivity index (χ3v) is 5.25. The van der Waals surface area contributed by atoms with E-state index in [-0.39, 0.29) is 23.9 Å². The maximum absolute atomic E-state index is 12.6. The van der Waals surface area contributed by atoms with Crippen molar-refractivity contribution < 1.29 is 14.3 Å². The SMILES string of the molecule is CCC(=O)N(C1CCOCC1)C1CCN(C(=O)c2ccncc2)CC1. The summed E-state index contributed by atoms with van der Waals surface area (Å²) in [5, 5.41) is 0. The fraction of sp³-hybridized carbons (Fsp3) is 0.632. The average Bonchev–Trinajstić information content (AvgIpc) is 2.69. The molecule has 0 unspecified atom stereocenters. The number of piperidine rings is 1. The number of pyridine rings is 1. The number of amides is 2. The highest BCUT2D eigenvalue weighted by Crippen LogP contribution is 2.25. The molecule has 0 atom stereocenters. The van der Waals surface area contributed by atoms with Gasteiger partial charge in [-0.25, -0.2) is 0 Å². The highest BCUT2D eigenvalue weighted by molar-refractivity contribution is 5.94. The topological polar surface area (TPSA) is 62.7 Å². The Hall–Kier alpha value is -1.95. The molecule has 0 saturated carbocycles. The third kappa shape index (κ3) is 4.18. The number of carbonyl (C=O) groups excluding carboxylic acids is 2. The van der Waals surface area contributed by atoms with Crippen LogP contribution in [-0.4, -0.2) is 65.0 Å². The highest BCUT2D eigenvalue weighted by Gasteiger charge is 2.34. The molecular weight excluding hydrogens is 318 g/mol. The van der Waals surface area contributed by atoms with Gasteiger partial charge in [-0.3, -0.25) is 14.6 Å². The number of rotatable bonds is 4. The van der Waals surface area contributed by atoms with Gasteiger partial charge in [-0.1, -0.05) is 6.92 Å². The van der Waals surface area contributed by atoms with Gasteiger partial charge in [0.05, 0.1) is 0 Å². The summed E-state index contributed by atoms with van der Waals surface area (Å²) in [5.74, 6) is 0.283. The van der Waals surface area contributed by atoms with Gasteiger partial charge in [0.15, 0.2) is 0 Å². The van der Waals surface area contributed by atoms with Crippen molar-refractivity contribution in [1.29, 1.82) is 0 Å². The van der Waals surface area contributed by atoms with Gasteiger partial charge in [0.25, 0.3) is 5.91 Å². The molecule has 0 aliphatic carbocycles. The van der Waals surface area contributed by atoms with Gasteiger partial charge < -0.3 is 14.5 Å². The Morgan fingerprint density at radius 2 is 1.72 bits per heavy atom. The lowest BCUT2D eigenvalue weighted by molar-refractivity contribution is -0.139. The van der Waals surface area contributed by atoms with Crippen molar-refractivity contribution in [1.82, 2.24) is 14.8 Å². The number of hydrogen-bond acceptors (Lipinski definition) is 4. The normalized spacial score (nSPS) is 19.6. The fourth-order valence-corrected chi connectivity index (χ4v) is 3.88. The predicted molar refractivity (Wildman–Crippen MR) is 94.1 cm³/mol. The Labute approximate surface area is 149 Å². The molecule has 2 amide bonds. The first-order valence-electron chi connectivity index (χ1n) is 9.29. The second-order valence-corrected chi connectivity index (χ2v) is 6.76. The first-order valence-corrected chi connectivity index (χ1v) is 9.29. The molecule has 136 valence electrons. The molecule has 1 aromatic rings. The average molecular weight is 345 g/mol. The minimum Gasteiger partial charge on any atom is -0.381 e. The van der Waals surface area contributed by atoms with Crippen LogP contribution in [0.4, 0.5) is 0 Å². The van der Waals surface area contributed by atoms with Crippen LogP contribution in [0.25, 0.3) is 0 Å². The number of ether oxygens (including phenoxy) is 1. The van der Waals surface area contributed by atoms with E-state index < -0.39 is 0 Å². The van der Waals surface area contributed by atoms with Gasteiger partial charge in [-0.15, -0.1) is 0 Å². The van der Waals surface area contributed by atoms with Crippen LogP contribution in [0.15, 0.2) is 24.5 Å². The number of likely N-dealkylation sites (tertiary alicyclic amines) is 1. The lowest BCUT2D eigenvalue weighted by Crippen LogP contribution is -2.53. The maximum atomic E-state index is 12.6. The van der Waals surface area contributed by atoms with Crippen molar-refractivity contribution in [3.05, 3.63) is 30.1 Å². The lowest BCUT2D eigenvalue weighted by atomic mass is 9.97. The zero-order valence-electron chi connectivity index (χ0n) is 14.9. The van der Waals surface area contributed by atoms with Crippen LogP contribution < -0.4 is 0 Å². The monoisotopic (exact) mass is 345 g/mol. The summed E-state index contributed by atoms with van der Waals surface area (Å²) in [4.78, 5) is 33.1. The molecule has 2 fully saturated rings. The van der Waals surface area contributed by atoms with Gasteiger partial charge >= 0.3 is 0 Å². The van der Waals surface area contributed by atoms with E-state index >= 15 is 0 Å². The molecule has 0 aromatic carbocycles. The van der Waals surface area contributed by atoms with Crippen molar-refractivity contribution >= 4 is 11.8 Å². The number of nitrogens with zero attached hydrogens (tertiary/aromatic N) is 3. The minimum atomic E-state index is 0.0558. The van der Waals surface area contributed by atoms with E-state index in [2.05, 4.69) is 9.88 Å². The quantitative estimate of drug-likeness (QED) is 0.838. The summed E-state index contributed by atoms with van der Waals surface area (Å²) in [6.07, 6.45) is 7.36.